The number of carbonyl (C=O) groups excluding carboxylic acids is 1. The van der Waals surface area contributed by atoms with Crippen molar-refractivity contribution in [3.05, 3.63) is 33.9 Å². The Bertz CT molecular complexity index is 597. The van der Waals surface area contributed by atoms with Crippen molar-refractivity contribution in [2.24, 2.45) is 0 Å². The van der Waals surface area contributed by atoms with Crippen molar-refractivity contribution in [1.29, 1.82) is 0 Å². The van der Waals surface area contributed by atoms with Crippen molar-refractivity contribution in [2.45, 2.75) is 18.9 Å². The standard InChI is InChI=1S/C13H15N3O5/c1-15(7-12(17)14-8-2-3-8)9-4-5-11(16(20)21)10(6-9)13(18)19/h4-6,8H,2-3,7H2,1H3,(H,14,17)(H,18,19). The van der Waals surface area contributed by atoms with Gasteiger partial charge in [0.2, 0.25) is 5.91 Å². The second-order valence-electron chi connectivity index (χ2n) is 4.96. The molecule has 8 nitrogen and oxygen atoms in total. The van der Waals surface area contributed by atoms with Gasteiger partial charge in [-0.15, -0.1) is 0 Å². The van der Waals surface area contributed by atoms with Crippen molar-refractivity contribution in [2.75, 3.05) is 18.5 Å². The first kappa shape index (κ1) is 14.8. The summed E-state index contributed by atoms with van der Waals surface area (Å²) in [7, 11) is 1.62. The van der Waals surface area contributed by atoms with E-state index in [1.165, 1.54) is 12.1 Å². The summed E-state index contributed by atoms with van der Waals surface area (Å²) in [6.45, 7) is 0.0629. The van der Waals surface area contributed by atoms with E-state index in [0.717, 1.165) is 18.9 Å². The van der Waals surface area contributed by atoms with Crippen molar-refractivity contribution in [3.63, 3.8) is 0 Å². The first-order valence-corrected chi connectivity index (χ1v) is 6.40. The topological polar surface area (TPSA) is 113 Å². The molecule has 8 heteroatoms. The van der Waals surface area contributed by atoms with Crippen LogP contribution < -0.4 is 10.2 Å². The number of aromatic carboxylic acids is 1. The molecule has 2 rings (SSSR count). The molecule has 0 saturated heterocycles. The highest BCUT2D eigenvalue weighted by Gasteiger charge is 2.24. The molecule has 0 heterocycles. The van der Waals surface area contributed by atoms with Crippen LogP contribution in [-0.2, 0) is 4.79 Å². The fourth-order valence-corrected chi connectivity index (χ4v) is 1.90. The highest BCUT2D eigenvalue weighted by molar-refractivity contribution is 5.94. The number of amides is 1. The molecule has 1 aromatic rings. The van der Waals surface area contributed by atoms with Crippen LogP contribution in [0.4, 0.5) is 11.4 Å². The minimum absolute atomic E-state index is 0.0629. The van der Waals surface area contributed by atoms with E-state index in [4.69, 9.17) is 5.11 Å². The molecule has 0 radical (unpaired) electrons. The number of nitro groups is 1. The summed E-state index contributed by atoms with van der Waals surface area (Å²) < 4.78 is 0. The number of hydrogen-bond acceptors (Lipinski definition) is 5. The molecule has 1 aromatic carbocycles. The lowest BCUT2D eigenvalue weighted by atomic mass is 10.1. The summed E-state index contributed by atoms with van der Waals surface area (Å²) in [6.07, 6.45) is 1.96. The molecule has 1 fully saturated rings. The zero-order valence-corrected chi connectivity index (χ0v) is 11.4. The maximum atomic E-state index is 11.7. The summed E-state index contributed by atoms with van der Waals surface area (Å²) in [4.78, 5) is 34.4. The van der Waals surface area contributed by atoms with Gasteiger partial charge in [0.15, 0.2) is 0 Å². The van der Waals surface area contributed by atoms with Crippen LogP contribution >= 0.6 is 0 Å². The third kappa shape index (κ3) is 3.68. The second-order valence-corrected chi connectivity index (χ2v) is 4.96. The monoisotopic (exact) mass is 293 g/mol. The third-order valence-electron chi connectivity index (χ3n) is 3.17. The van der Waals surface area contributed by atoms with Gasteiger partial charge in [-0.3, -0.25) is 14.9 Å². The van der Waals surface area contributed by atoms with Gasteiger partial charge in [-0.25, -0.2) is 4.79 Å². The summed E-state index contributed by atoms with van der Waals surface area (Å²) in [5, 5.41) is 22.6. The first-order valence-electron chi connectivity index (χ1n) is 6.40. The number of carbonyl (C=O) groups is 2. The Labute approximate surface area is 120 Å². The lowest BCUT2D eigenvalue weighted by Crippen LogP contribution is -2.36. The molecule has 1 amide bonds. The fraction of sp³-hybridized carbons (Fsp3) is 0.385. The lowest BCUT2D eigenvalue weighted by Gasteiger charge is -2.19. The van der Waals surface area contributed by atoms with Crippen molar-refractivity contribution >= 4 is 23.3 Å². The normalized spacial score (nSPS) is 13.6. The highest BCUT2D eigenvalue weighted by Crippen LogP contribution is 2.24. The lowest BCUT2D eigenvalue weighted by molar-refractivity contribution is -0.385. The molecule has 0 unspecified atom stereocenters. The SMILES string of the molecule is CN(CC(=O)NC1CC1)c1ccc([N+](=O)[O-])c(C(=O)O)c1. The summed E-state index contributed by atoms with van der Waals surface area (Å²) in [5.74, 6) is -1.53. The van der Waals surface area contributed by atoms with E-state index in [0.29, 0.717) is 5.69 Å². The molecule has 0 bridgehead atoms. The van der Waals surface area contributed by atoms with Crippen LogP contribution in [0.5, 0.6) is 0 Å². The average Bonchev–Trinajstić information content (AvgIpc) is 3.21. The third-order valence-corrected chi connectivity index (χ3v) is 3.17. The van der Waals surface area contributed by atoms with E-state index in [-0.39, 0.29) is 18.5 Å². The van der Waals surface area contributed by atoms with Gasteiger partial charge >= 0.3 is 5.97 Å². The van der Waals surface area contributed by atoms with Crippen molar-refractivity contribution in [1.82, 2.24) is 5.32 Å². The molecule has 0 aromatic heterocycles. The van der Waals surface area contributed by atoms with Gasteiger partial charge in [0.1, 0.15) is 5.56 Å². The number of likely N-dealkylation sites (N-methyl/N-ethyl adjacent to an activating group) is 1. The largest absolute Gasteiger partial charge is 0.477 e. The molecule has 0 atom stereocenters. The maximum absolute atomic E-state index is 11.7. The first-order chi connectivity index (χ1) is 9.88. The molecule has 1 saturated carbocycles. The Morgan fingerprint density at radius 3 is 2.67 bits per heavy atom. The number of benzene rings is 1. The smallest absolute Gasteiger partial charge is 0.342 e. The number of nitrogens with zero attached hydrogens (tertiary/aromatic N) is 2. The van der Waals surface area contributed by atoms with E-state index < -0.39 is 22.1 Å². The quantitative estimate of drug-likeness (QED) is 0.597. The maximum Gasteiger partial charge on any atom is 0.342 e. The summed E-state index contributed by atoms with van der Waals surface area (Å²) in [5.41, 5.74) is -0.432. The number of anilines is 1. The van der Waals surface area contributed by atoms with Gasteiger partial charge < -0.3 is 15.3 Å². The van der Waals surface area contributed by atoms with Crippen LogP contribution in [0, 0.1) is 10.1 Å². The minimum atomic E-state index is -1.38. The molecule has 112 valence electrons. The van der Waals surface area contributed by atoms with Gasteiger partial charge in [0, 0.05) is 24.8 Å². The number of nitrogens with one attached hydrogen (secondary N) is 1. The molecule has 0 aliphatic heterocycles. The number of rotatable bonds is 6. The number of hydrogen-bond donors (Lipinski definition) is 2. The van der Waals surface area contributed by atoms with E-state index in [9.17, 15) is 19.7 Å². The van der Waals surface area contributed by atoms with Gasteiger partial charge in [0.05, 0.1) is 11.5 Å². The average molecular weight is 293 g/mol. The Balaban J connectivity index is 2.14. The Morgan fingerprint density at radius 1 is 1.48 bits per heavy atom. The molecule has 2 N–H and O–H groups in total. The molecule has 0 spiro atoms. The second kappa shape index (κ2) is 5.78. The van der Waals surface area contributed by atoms with Gasteiger partial charge in [-0.05, 0) is 25.0 Å². The Hall–Kier alpha value is -2.64. The summed E-state index contributed by atoms with van der Waals surface area (Å²) >= 11 is 0. The number of carboxylic acid groups (broad SMARTS) is 1. The van der Waals surface area contributed by atoms with Crippen LogP contribution in [0.15, 0.2) is 18.2 Å². The van der Waals surface area contributed by atoms with Crippen molar-refractivity contribution < 1.29 is 19.6 Å². The van der Waals surface area contributed by atoms with Gasteiger partial charge in [0.25, 0.3) is 5.69 Å². The van der Waals surface area contributed by atoms with E-state index in [2.05, 4.69) is 5.32 Å². The molecule has 21 heavy (non-hydrogen) atoms. The fourth-order valence-electron chi connectivity index (χ4n) is 1.90. The Kier molecular flexibility index (Phi) is 4.06. The highest BCUT2D eigenvalue weighted by atomic mass is 16.6. The van der Waals surface area contributed by atoms with E-state index in [1.54, 1.807) is 11.9 Å². The van der Waals surface area contributed by atoms with Gasteiger partial charge in [-0.1, -0.05) is 0 Å². The predicted octanol–water partition coefficient (Wildman–Crippen LogP) is 1.01. The molecule has 1 aliphatic carbocycles. The van der Waals surface area contributed by atoms with Crippen LogP contribution in [0.25, 0.3) is 0 Å². The van der Waals surface area contributed by atoms with Crippen molar-refractivity contribution in [3.8, 4) is 0 Å². The van der Waals surface area contributed by atoms with Crippen LogP contribution in [0.1, 0.15) is 23.2 Å². The summed E-state index contributed by atoms with van der Waals surface area (Å²) in [6, 6.07) is 4.01. The molecule has 1 aliphatic rings. The van der Waals surface area contributed by atoms with Gasteiger partial charge in [-0.2, -0.15) is 0 Å². The molecular weight excluding hydrogens is 278 g/mol. The van der Waals surface area contributed by atoms with Crippen LogP contribution in [0.3, 0.4) is 0 Å². The number of nitro benzene ring substituents is 1. The van der Waals surface area contributed by atoms with E-state index in [1.807, 2.05) is 0 Å². The molecular formula is C13H15N3O5. The van der Waals surface area contributed by atoms with Crippen LogP contribution in [-0.4, -0.2) is 41.5 Å². The van der Waals surface area contributed by atoms with Crippen LogP contribution in [0.2, 0.25) is 0 Å². The number of carboxylic acids is 1. The minimum Gasteiger partial charge on any atom is -0.477 e. The Morgan fingerprint density at radius 2 is 2.14 bits per heavy atom. The zero-order valence-electron chi connectivity index (χ0n) is 11.4. The zero-order chi connectivity index (χ0) is 15.6. The van der Waals surface area contributed by atoms with E-state index >= 15 is 0 Å². The predicted molar refractivity (Wildman–Crippen MR) is 74.5 cm³/mol.